The van der Waals surface area contributed by atoms with Gasteiger partial charge in [-0.05, 0) is 61.5 Å². The molecule has 1 N–H and O–H groups in total. The maximum atomic E-state index is 6.41. The Morgan fingerprint density at radius 1 is 1.26 bits per heavy atom. The molecule has 0 amide bonds. The van der Waals surface area contributed by atoms with E-state index >= 15 is 0 Å². The van der Waals surface area contributed by atoms with Gasteiger partial charge in [-0.1, -0.05) is 30.7 Å². The van der Waals surface area contributed by atoms with Gasteiger partial charge in [-0.25, -0.2) is 0 Å². The van der Waals surface area contributed by atoms with Crippen LogP contribution in [0.4, 0.5) is 0 Å². The van der Waals surface area contributed by atoms with Crippen molar-refractivity contribution >= 4 is 54.8 Å². The Labute approximate surface area is 139 Å². The van der Waals surface area contributed by atoms with E-state index in [0.29, 0.717) is 0 Å². The molecule has 0 aliphatic carbocycles. The van der Waals surface area contributed by atoms with Gasteiger partial charge < -0.3 is 5.32 Å². The van der Waals surface area contributed by atoms with Crippen LogP contribution in [-0.2, 0) is 6.42 Å². The fraction of sp³-hybridized carbons (Fsp3) is 0.286. The first-order chi connectivity index (χ1) is 9.13. The molecule has 1 aromatic heterocycles. The van der Waals surface area contributed by atoms with Crippen LogP contribution in [0.25, 0.3) is 0 Å². The van der Waals surface area contributed by atoms with E-state index in [2.05, 4.69) is 61.6 Å². The molecule has 0 bridgehead atoms. The highest BCUT2D eigenvalue weighted by molar-refractivity contribution is 9.10. The van der Waals surface area contributed by atoms with Gasteiger partial charge in [0.05, 0.1) is 5.02 Å². The van der Waals surface area contributed by atoms with E-state index in [1.165, 1.54) is 9.35 Å². The average Bonchev–Trinajstić information content (AvgIpc) is 2.78. The van der Waals surface area contributed by atoms with E-state index in [4.69, 9.17) is 11.6 Å². The largest absolute Gasteiger partial charge is 0.310 e. The summed E-state index contributed by atoms with van der Waals surface area (Å²) >= 11 is 15.3. The summed E-state index contributed by atoms with van der Waals surface area (Å²) in [5.74, 6) is 0. The average molecular weight is 424 g/mol. The van der Waals surface area contributed by atoms with Gasteiger partial charge in [0.15, 0.2) is 0 Å². The molecule has 2 aromatic rings. The minimum absolute atomic E-state index is 0.227. The molecule has 0 aliphatic heterocycles. The van der Waals surface area contributed by atoms with Crippen molar-refractivity contribution in [2.45, 2.75) is 19.4 Å². The molecule has 19 heavy (non-hydrogen) atoms. The topological polar surface area (TPSA) is 12.0 Å². The first-order valence-electron chi connectivity index (χ1n) is 6.02. The Balaban J connectivity index is 2.29. The SMILES string of the molecule is CCNC(Cc1sccc1Br)c1cccc(Br)c1Cl. The summed E-state index contributed by atoms with van der Waals surface area (Å²) in [5.41, 5.74) is 1.14. The monoisotopic (exact) mass is 421 g/mol. The molecule has 0 spiro atoms. The van der Waals surface area contributed by atoms with Crippen molar-refractivity contribution in [2.24, 2.45) is 0 Å². The van der Waals surface area contributed by atoms with Crippen LogP contribution >= 0.6 is 54.8 Å². The summed E-state index contributed by atoms with van der Waals surface area (Å²) in [7, 11) is 0. The Kier molecular flexibility index (Phi) is 5.90. The second-order valence-corrected chi connectivity index (χ2v) is 7.24. The second kappa shape index (κ2) is 7.23. The summed E-state index contributed by atoms with van der Waals surface area (Å²) in [6, 6.07) is 8.40. The van der Waals surface area contributed by atoms with Crippen LogP contribution in [0, 0.1) is 0 Å². The predicted molar refractivity (Wildman–Crippen MR) is 91.3 cm³/mol. The number of halogens is 3. The van der Waals surface area contributed by atoms with Gasteiger partial charge in [0.1, 0.15) is 0 Å². The lowest BCUT2D eigenvalue weighted by molar-refractivity contribution is 0.552. The van der Waals surface area contributed by atoms with E-state index in [0.717, 1.165) is 28.0 Å². The quantitative estimate of drug-likeness (QED) is 0.639. The van der Waals surface area contributed by atoms with Crippen LogP contribution in [0.15, 0.2) is 38.6 Å². The van der Waals surface area contributed by atoms with E-state index < -0.39 is 0 Å². The minimum atomic E-state index is 0.227. The first kappa shape index (κ1) is 15.5. The Morgan fingerprint density at radius 3 is 2.68 bits per heavy atom. The molecule has 1 unspecified atom stereocenters. The normalized spacial score (nSPS) is 12.6. The van der Waals surface area contributed by atoms with E-state index in [9.17, 15) is 0 Å². The Bertz CT molecular complexity index is 556. The van der Waals surface area contributed by atoms with Crippen LogP contribution in [0.1, 0.15) is 23.4 Å². The smallest absolute Gasteiger partial charge is 0.0595 e. The molecular formula is C14H14Br2ClNS. The molecule has 0 saturated heterocycles. The molecule has 102 valence electrons. The van der Waals surface area contributed by atoms with Gasteiger partial charge in [0.25, 0.3) is 0 Å². The van der Waals surface area contributed by atoms with Crippen molar-refractivity contribution in [3.8, 4) is 0 Å². The summed E-state index contributed by atoms with van der Waals surface area (Å²) in [6.45, 7) is 3.03. The molecule has 1 nitrogen and oxygen atoms in total. The van der Waals surface area contributed by atoms with E-state index in [1.54, 1.807) is 11.3 Å². The maximum absolute atomic E-state index is 6.41. The van der Waals surface area contributed by atoms with E-state index in [-0.39, 0.29) is 6.04 Å². The lowest BCUT2D eigenvalue weighted by Crippen LogP contribution is -2.23. The number of benzene rings is 1. The van der Waals surface area contributed by atoms with Gasteiger partial charge in [-0.3, -0.25) is 0 Å². The Hall–Kier alpha value is 0.130. The molecule has 0 aliphatic rings. The summed E-state index contributed by atoms with van der Waals surface area (Å²) in [6.07, 6.45) is 0.933. The van der Waals surface area contributed by atoms with Gasteiger partial charge in [0.2, 0.25) is 0 Å². The molecule has 1 heterocycles. The lowest BCUT2D eigenvalue weighted by Gasteiger charge is -2.20. The third-order valence-corrected chi connectivity index (χ3v) is 6.15. The summed E-state index contributed by atoms with van der Waals surface area (Å²) in [4.78, 5) is 1.34. The number of nitrogens with one attached hydrogen (secondary N) is 1. The maximum Gasteiger partial charge on any atom is 0.0595 e. The first-order valence-corrected chi connectivity index (χ1v) is 8.87. The predicted octanol–water partition coefficient (Wildman–Crippen LogP) is 5.82. The fourth-order valence-electron chi connectivity index (χ4n) is 1.98. The highest BCUT2D eigenvalue weighted by atomic mass is 79.9. The molecule has 0 saturated carbocycles. The molecule has 1 atom stereocenters. The molecule has 2 rings (SSSR count). The van der Waals surface area contributed by atoms with Gasteiger partial charge in [-0.15, -0.1) is 11.3 Å². The zero-order valence-corrected chi connectivity index (χ0v) is 15.2. The van der Waals surface area contributed by atoms with Crippen molar-refractivity contribution in [2.75, 3.05) is 6.54 Å². The zero-order valence-electron chi connectivity index (χ0n) is 10.4. The third kappa shape index (κ3) is 3.82. The summed E-state index contributed by atoms with van der Waals surface area (Å²) < 4.78 is 2.12. The zero-order chi connectivity index (χ0) is 13.8. The van der Waals surface area contributed by atoms with Crippen molar-refractivity contribution < 1.29 is 0 Å². The van der Waals surface area contributed by atoms with Gasteiger partial charge >= 0.3 is 0 Å². The van der Waals surface area contributed by atoms with Crippen molar-refractivity contribution in [3.05, 3.63) is 54.1 Å². The molecule has 1 aromatic carbocycles. The molecule has 0 radical (unpaired) electrons. The van der Waals surface area contributed by atoms with Crippen LogP contribution in [0.5, 0.6) is 0 Å². The van der Waals surface area contributed by atoms with Crippen LogP contribution in [0.2, 0.25) is 5.02 Å². The Morgan fingerprint density at radius 2 is 2.05 bits per heavy atom. The van der Waals surface area contributed by atoms with Crippen LogP contribution in [0.3, 0.4) is 0 Å². The molecular weight excluding hydrogens is 409 g/mol. The number of likely N-dealkylation sites (N-methyl/N-ethyl adjacent to an activating group) is 1. The number of hydrogen-bond acceptors (Lipinski definition) is 2. The molecule has 5 heteroatoms. The standard InChI is InChI=1S/C14H14Br2ClNS/c1-2-18-12(8-13-10(15)6-7-19-13)9-4-3-5-11(16)14(9)17/h3-7,12,18H,2,8H2,1H3. The van der Waals surface area contributed by atoms with Crippen molar-refractivity contribution in [1.82, 2.24) is 5.32 Å². The van der Waals surface area contributed by atoms with Gasteiger partial charge in [0, 0.05) is 26.3 Å². The second-order valence-electron chi connectivity index (χ2n) is 4.15. The van der Waals surface area contributed by atoms with E-state index in [1.807, 2.05) is 12.1 Å². The number of thiophene rings is 1. The summed E-state index contributed by atoms with van der Waals surface area (Å²) in [5, 5.41) is 6.41. The highest BCUT2D eigenvalue weighted by Crippen LogP contribution is 2.34. The lowest BCUT2D eigenvalue weighted by atomic mass is 10.0. The number of rotatable bonds is 5. The fourth-order valence-corrected chi connectivity index (χ4v) is 4.18. The van der Waals surface area contributed by atoms with Crippen molar-refractivity contribution in [1.29, 1.82) is 0 Å². The molecule has 0 fully saturated rings. The minimum Gasteiger partial charge on any atom is -0.310 e. The van der Waals surface area contributed by atoms with Crippen LogP contribution in [-0.4, -0.2) is 6.54 Å². The van der Waals surface area contributed by atoms with Gasteiger partial charge in [-0.2, -0.15) is 0 Å². The van der Waals surface area contributed by atoms with Crippen molar-refractivity contribution in [3.63, 3.8) is 0 Å². The number of hydrogen-bond donors (Lipinski definition) is 1. The highest BCUT2D eigenvalue weighted by Gasteiger charge is 2.17. The van der Waals surface area contributed by atoms with Crippen LogP contribution < -0.4 is 5.32 Å². The third-order valence-electron chi connectivity index (χ3n) is 2.89.